The fourth-order valence-corrected chi connectivity index (χ4v) is 2.39. The normalized spacial score (nSPS) is 11.6. The molecule has 124 valence electrons. The van der Waals surface area contributed by atoms with Crippen LogP contribution >= 0.6 is 0 Å². The van der Waals surface area contributed by atoms with Crippen molar-refractivity contribution in [2.75, 3.05) is 6.61 Å². The van der Waals surface area contributed by atoms with Crippen LogP contribution in [0.25, 0.3) is 0 Å². The number of rotatable bonds is 4. The van der Waals surface area contributed by atoms with Crippen LogP contribution in [-0.4, -0.2) is 22.1 Å². The van der Waals surface area contributed by atoms with Gasteiger partial charge in [-0.2, -0.15) is 13.2 Å². The van der Waals surface area contributed by atoms with E-state index in [1.807, 2.05) is 0 Å². The topological polar surface area (TPSA) is 44.1 Å². The lowest BCUT2D eigenvalue weighted by molar-refractivity contribution is -0.137. The van der Waals surface area contributed by atoms with E-state index in [1.54, 1.807) is 31.4 Å². The van der Waals surface area contributed by atoms with Gasteiger partial charge in [0.1, 0.15) is 5.82 Å². The fourth-order valence-electron chi connectivity index (χ4n) is 2.39. The van der Waals surface area contributed by atoms with Crippen LogP contribution in [-0.2, 0) is 17.5 Å². The average molecular weight is 326 g/mol. The molecule has 0 saturated carbocycles. The summed E-state index contributed by atoms with van der Waals surface area (Å²) >= 11 is 0. The highest BCUT2D eigenvalue weighted by atomic mass is 19.4. The molecule has 0 atom stereocenters. The summed E-state index contributed by atoms with van der Waals surface area (Å²) in [6, 6.07) is 5.02. The zero-order valence-electron chi connectivity index (χ0n) is 13.1. The molecular formula is C16H17F3N2O2. The molecule has 0 bridgehead atoms. The SMILES string of the molecule is CCOC(=O)c1c(C)nc(C)n1Cc1cccc(C(F)(F)F)c1. The Kier molecular flexibility index (Phi) is 4.77. The minimum Gasteiger partial charge on any atom is -0.461 e. The maximum atomic E-state index is 12.8. The van der Waals surface area contributed by atoms with Gasteiger partial charge >= 0.3 is 12.1 Å². The van der Waals surface area contributed by atoms with Crippen molar-refractivity contribution < 1.29 is 22.7 Å². The summed E-state index contributed by atoms with van der Waals surface area (Å²) in [6.07, 6.45) is -4.40. The van der Waals surface area contributed by atoms with E-state index in [-0.39, 0.29) is 18.8 Å². The van der Waals surface area contributed by atoms with Gasteiger partial charge < -0.3 is 9.30 Å². The van der Waals surface area contributed by atoms with Crippen LogP contribution in [0.2, 0.25) is 0 Å². The predicted octanol–water partition coefficient (Wildman–Crippen LogP) is 3.74. The summed E-state index contributed by atoms with van der Waals surface area (Å²) in [5.41, 5.74) is 0.475. The number of alkyl halides is 3. The average Bonchev–Trinajstić information content (AvgIpc) is 2.73. The van der Waals surface area contributed by atoms with Crippen LogP contribution in [0.15, 0.2) is 24.3 Å². The molecule has 0 fully saturated rings. The van der Waals surface area contributed by atoms with Gasteiger partial charge in [-0.15, -0.1) is 0 Å². The predicted molar refractivity (Wildman–Crippen MR) is 78.2 cm³/mol. The summed E-state index contributed by atoms with van der Waals surface area (Å²) in [7, 11) is 0. The molecule has 0 spiro atoms. The Morgan fingerprint density at radius 2 is 2.00 bits per heavy atom. The van der Waals surface area contributed by atoms with E-state index in [4.69, 9.17) is 4.74 Å². The Morgan fingerprint density at radius 3 is 2.61 bits per heavy atom. The molecule has 4 nitrogen and oxygen atoms in total. The smallest absolute Gasteiger partial charge is 0.416 e. The van der Waals surface area contributed by atoms with Gasteiger partial charge in [-0.05, 0) is 38.5 Å². The first-order chi connectivity index (χ1) is 10.7. The van der Waals surface area contributed by atoms with Gasteiger partial charge in [-0.3, -0.25) is 0 Å². The first kappa shape index (κ1) is 17.1. The Morgan fingerprint density at radius 1 is 1.30 bits per heavy atom. The molecular weight excluding hydrogens is 309 g/mol. The van der Waals surface area contributed by atoms with Crippen molar-refractivity contribution in [1.82, 2.24) is 9.55 Å². The second-order valence-electron chi connectivity index (χ2n) is 5.10. The van der Waals surface area contributed by atoms with Crippen LogP contribution in [0.4, 0.5) is 13.2 Å². The molecule has 1 aromatic heterocycles. The molecule has 0 aliphatic heterocycles. The summed E-state index contributed by atoms with van der Waals surface area (Å²) in [5, 5.41) is 0. The zero-order chi connectivity index (χ0) is 17.2. The maximum absolute atomic E-state index is 12.8. The summed E-state index contributed by atoms with van der Waals surface area (Å²) in [6.45, 7) is 5.38. The number of halogens is 3. The first-order valence-corrected chi connectivity index (χ1v) is 7.11. The number of aryl methyl sites for hydroxylation is 2. The molecule has 0 saturated heterocycles. The summed E-state index contributed by atoms with van der Waals surface area (Å²) < 4.78 is 45.0. The van der Waals surface area contributed by atoms with Crippen molar-refractivity contribution in [3.63, 3.8) is 0 Å². The van der Waals surface area contributed by atoms with Gasteiger partial charge in [-0.25, -0.2) is 9.78 Å². The Balaban J connectivity index is 2.39. The van der Waals surface area contributed by atoms with Gasteiger partial charge in [0.2, 0.25) is 0 Å². The number of carbonyl (C=O) groups is 1. The molecule has 0 amide bonds. The standard InChI is InChI=1S/C16H17F3N2O2/c1-4-23-15(22)14-10(2)20-11(3)21(14)9-12-6-5-7-13(8-12)16(17,18)19/h5-8H,4,9H2,1-3H3. The van der Waals surface area contributed by atoms with E-state index in [1.165, 1.54) is 6.07 Å². The minimum absolute atomic E-state index is 0.116. The number of nitrogens with zero attached hydrogens (tertiary/aromatic N) is 2. The van der Waals surface area contributed by atoms with E-state index >= 15 is 0 Å². The molecule has 1 heterocycles. The van der Waals surface area contributed by atoms with E-state index < -0.39 is 17.7 Å². The molecule has 23 heavy (non-hydrogen) atoms. The number of benzene rings is 1. The van der Waals surface area contributed by atoms with Crippen molar-refractivity contribution in [3.05, 3.63) is 52.6 Å². The number of hydrogen-bond acceptors (Lipinski definition) is 3. The van der Waals surface area contributed by atoms with Crippen molar-refractivity contribution in [3.8, 4) is 0 Å². The van der Waals surface area contributed by atoms with Crippen LogP contribution in [0, 0.1) is 13.8 Å². The lowest BCUT2D eigenvalue weighted by Gasteiger charge is -2.12. The van der Waals surface area contributed by atoms with Crippen LogP contribution in [0.3, 0.4) is 0 Å². The van der Waals surface area contributed by atoms with Gasteiger partial charge in [0.05, 0.1) is 17.9 Å². The van der Waals surface area contributed by atoms with Crippen molar-refractivity contribution >= 4 is 5.97 Å². The number of hydrogen-bond donors (Lipinski definition) is 0. The Labute approximate surface area is 131 Å². The number of esters is 1. The van der Waals surface area contributed by atoms with Gasteiger partial charge in [0.15, 0.2) is 5.69 Å². The van der Waals surface area contributed by atoms with E-state index in [9.17, 15) is 18.0 Å². The molecule has 0 radical (unpaired) electrons. The van der Waals surface area contributed by atoms with Crippen LogP contribution in [0.5, 0.6) is 0 Å². The molecule has 2 aromatic rings. The second kappa shape index (κ2) is 6.44. The molecule has 7 heteroatoms. The fraction of sp³-hybridized carbons (Fsp3) is 0.375. The van der Waals surface area contributed by atoms with Crippen LogP contribution in [0.1, 0.15) is 40.1 Å². The number of aromatic nitrogens is 2. The molecule has 0 aliphatic carbocycles. The second-order valence-corrected chi connectivity index (χ2v) is 5.10. The minimum atomic E-state index is -4.40. The highest BCUT2D eigenvalue weighted by molar-refractivity contribution is 5.89. The molecule has 0 N–H and O–H groups in total. The Hall–Kier alpha value is -2.31. The molecule has 0 aliphatic rings. The number of carbonyl (C=O) groups excluding carboxylic acids is 1. The van der Waals surface area contributed by atoms with Crippen molar-refractivity contribution in [2.24, 2.45) is 0 Å². The maximum Gasteiger partial charge on any atom is 0.416 e. The molecule has 1 aromatic carbocycles. The third kappa shape index (κ3) is 3.72. The summed E-state index contributed by atoms with van der Waals surface area (Å²) in [4.78, 5) is 16.3. The third-order valence-corrected chi connectivity index (χ3v) is 3.40. The van der Waals surface area contributed by atoms with Gasteiger partial charge in [0, 0.05) is 6.54 Å². The Bertz CT molecular complexity index is 721. The van der Waals surface area contributed by atoms with Crippen LogP contribution < -0.4 is 0 Å². The monoisotopic (exact) mass is 326 g/mol. The van der Waals surface area contributed by atoms with E-state index in [0.717, 1.165) is 12.1 Å². The van der Waals surface area contributed by atoms with Gasteiger partial charge in [0.25, 0.3) is 0 Å². The van der Waals surface area contributed by atoms with Crippen molar-refractivity contribution in [2.45, 2.75) is 33.5 Å². The molecule has 2 rings (SSSR count). The number of imidazole rings is 1. The zero-order valence-corrected chi connectivity index (χ0v) is 13.1. The van der Waals surface area contributed by atoms with E-state index in [0.29, 0.717) is 17.1 Å². The third-order valence-electron chi connectivity index (χ3n) is 3.40. The van der Waals surface area contributed by atoms with Gasteiger partial charge in [-0.1, -0.05) is 12.1 Å². The lowest BCUT2D eigenvalue weighted by atomic mass is 10.1. The highest BCUT2D eigenvalue weighted by Crippen LogP contribution is 2.30. The largest absolute Gasteiger partial charge is 0.461 e. The van der Waals surface area contributed by atoms with Crippen molar-refractivity contribution in [1.29, 1.82) is 0 Å². The molecule has 0 unspecified atom stereocenters. The highest BCUT2D eigenvalue weighted by Gasteiger charge is 2.30. The quantitative estimate of drug-likeness (QED) is 0.804. The summed E-state index contributed by atoms with van der Waals surface area (Å²) in [5.74, 6) is 0.0144. The van der Waals surface area contributed by atoms with E-state index in [2.05, 4.69) is 4.98 Å². The number of ether oxygens (including phenoxy) is 1. The lowest BCUT2D eigenvalue weighted by Crippen LogP contribution is -2.15. The first-order valence-electron chi connectivity index (χ1n) is 7.11.